The number of carboxylic acids is 1. The smallest absolute Gasteiger partial charge is 0.335 e. The van der Waals surface area contributed by atoms with Crippen LogP contribution in [0.25, 0.3) is 0 Å². The number of carboxylic acid groups (broad SMARTS) is 1. The monoisotopic (exact) mass is 202 g/mol. The average Bonchev–Trinajstić information content (AvgIpc) is 2.04. The summed E-state index contributed by atoms with van der Waals surface area (Å²) in [5.41, 5.74) is 6.92. The van der Waals surface area contributed by atoms with Crippen molar-refractivity contribution in [3.63, 3.8) is 0 Å². The lowest BCUT2D eigenvalue weighted by molar-refractivity contribution is 0.0697. The summed E-state index contributed by atoms with van der Waals surface area (Å²) in [6, 6.07) is 4.57. The Labute approximate surface area is 82.2 Å². The van der Waals surface area contributed by atoms with Crippen molar-refractivity contribution in [1.29, 1.82) is 0 Å². The molecule has 0 aliphatic rings. The van der Waals surface area contributed by atoms with Gasteiger partial charge in [-0.15, -0.1) is 12.4 Å². The second-order valence-electron chi connectivity index (χ2n) is 2.36. The molecule has 0 heterocycles. The lowest BCUT2D eigenvalue weighted by atomic mass is 10.2. The van der Waals surface area contributed by atoms with Gasteiger partial charge in [0.25, 0.3) is 0 Å². The first-order chi connectivity index (χ1) is 5.65. The van der Waals surface area contributed by atoms with Crippen molar-refractivity contribution in [3.05, 3.63) is 23.8 Å². The molecule has 5 heteroatoms. The van der Waals surface area contributed by atoms with Gasteiger partial charge in [-0.3, -0.25) is 0 Å². The van der Waals surface area contributed by atoms with Gasteiger partial charge in [-0.2, -0.15) is 0 Å². The second kappa shape index (κ2) is 4.57. The number of nitrogens with one attached hydrogen (secondary N) is 1. The molecule has 0 fully saturated rings. The predicted octanol–water partition coefficient (Wildman–Crippen LogP) is 1.43. The molecule has 4 nitrogen and oxygen atoms in total. The Morgan fingerprint density at radius 3 is 2.54 bits per heavy atom. The Morgan fingerprint density at radius 1 is 1.54 bits per heavy atom. The molecule has 4 N–H and O–H groups in total. The SMILES string of the molecule is CNc1ccc(C(=O)O)cc1N.Cl. The van der Waals surface area contributed by atoms with Gasteiger partial charge in [-0.05, 0) is 18.2 Å². The lowest BCUT2D eigenvalue weighted by Gasteiger charge is -2.04. The summed E-state index contributed by atoms with van der Waals surface area (Å²) in [5.74, 6) is -0.968. The maximum absolute atomic E-state index is 10.5. The Balaban J connectivity index is 0.00000144. The van der Waals surface area contributed by atoms with Gasteiger partial charge in [0.1, 0.15) is 0 Å². The van der Waals surface area contributed by atoms with E-state index in [9.17, 15) is 4.79 Å². The van der Waals surface area contributed by atoms with Gasteiger partial charge in [0.15, 0.2) is 0 Å². The van der Waals surface area contributed by atoms with Crippen LogP contribution in [0.15, 0.2) is 18.2 Å². The molecule has 0 saturated carbocycles. The fourth-order valence-corrected chi connectivity index (χ4v) is 0.923. The molecule has 1 aromatic rings. The van der Waals surface area contributed by atoms with Crippen molar-refractivity contribution >= 4 is 29.8 Å². The maximum atomic E-state index is 10.5. The van der Waals surface area contributed by atoms with Crippen LogP contribution in [0.2, 0.25) is 0 Å². The fraction of sp³-hybridized carbons (Fsp3) is 0.125. The molecule has 0 aromatic heterocycles. The van der Waals surface area contributed by atoms with E-state index in [4.69, 9.17) is 10.8 Å². The number of halogens is 1. The van der Waals surface area contributed by atoms with Gasteiger partial charge in [-0.25, -0.2) is 4.79 Å². The summed E-state index contributed by atoms with van der Waals surface area (Å²) in [5, 5.41) is 11.4. The molecule has 0 aliphatic heterocycles. The molecule has 0 radical (unpaired) electrons. The largest absolute Gasteiger partial charge is 0.478 e. The zero-order valence-electron chi connectivity index (χ0n) is 7.07. The summed E-state index contributed by atoms with van der Waals surface area (Å²) in [6.07, 6.45) is 0. The molecule has 0 spiro atoms. The molecular formula is C8H11ClN2O2. The van der Waals surface area contributed by atoms with E-state index >= 15 is 0 Å². The van der Waals surface area contributed by atoms with Crippen LogP contribution in [0.5, 0.6) is 0 Å². The summed E-state index contributed by atoms with van der Waals surface area (Å²) < 4.78 is 0. The van der Waals surface area contributed by atoms with Crippen LogP contribution in [0.1, 0.15) is 10.4 Å². The van der Waals surface area contributed by atoms with E-state index in [0.717, 1.165) is 5.69 Å². The minimum Gasteiger partial charge on any atom is -0.478 e. The molecule has 0 atom stereocenters. The van der Waals surface area contributed by atoms with E-state index in [1.54, 1.807) is 13.1 Å². The molecule has 13 heavy (non-hydrogen) atoms. The summed E-state index contributed by atoms with van der Waals surface area (Å²) in [4.78, 5) is 10.5. The third-order valence-corrected chi connectivity index (χ3v) is 1.57. The van der Waals surface area contributed by atoms with Crippen LogP contribution in [-0.2, 0) is 0 Å². The molecule has 72 valence electrons. The van der Waals surface area contributed by atoms with Gasteiger partial charge in [-0.1, -0.05) is 0 Å². The van der Waals surface area contributed by atoms with Crippen LogP contribution in [0.3, 0.4) is 0 Å². The van der Waals surface area contributed by atoms with Crippen LogP contribution in [0.4, 0.5) is 11.4 Å². The second-order valence-corrected chi connectivity index (χ2v) is 2.36. The Kier molecular flexibility index (Phi) is 4.07. The minimum absolute atomic E-state index is 0. The van der Waals surface area contributed by atoms with Crippen molar-refractivity contribution in [2.24, 2.45) is 0 Å². The number of rotatable bonds is 2. The van der Waals surface area contributed by atoms with Crippen LogP contribution in [0, 0.1) is 0 Å². The van der Waals surface area contributed by atoms with Gasteiger partial charge in [0.05, 0.1) is 16.9 Å². The highest BCUT2D eigenvalue weighted by Crippen LogP contribution is 2.18. The minimum atomic E-state index is -0.968. The standard InChI is InChI=1S/C8H10N2O2.ClH/c1-10-7-3-2-5(8(11)12)4-6(7)9;/h2-4,10H,9H2,1H3,(H,11,12);1H. The predicted molar refractivity (Wildman–Crippen MR) is 54.6 cm³/mol. The number of benzene rings is 1. The molecular weight excluding hydrogens is 192 g/mol. The van der Waals surface area contributed by atoms with Crippen LogP contribution < -0.4 is 11.1 Å². The number of nitrogens with two attached hydrogens (primary N) is 1. The van der Waals surface area contributed by atoms with Gasteiger partial charge >= 0.3 is 5.97 Å². The first-order valence-electron chi connectivity index (χ1n) is 3.45. The number of hydrogen-bond donors (Lipinski definition) is 3. The molecule has 0 amide bonds. The summed E-state index contributed by atoms with van der Waals surface area (Å²) in [6.45, 7) is 0. The average molecular weight is 203 g/mol. The van der Waals surface area contributed by atoms with Crippen LogP contribution >= 0.6 is 12.4 Å². The number of nitrogen functional groups attached to an aromatic ring is 1. The molecule has 1 rings (SSSR count). The van der Waals surface area contributed by atoms with E-state index in [1.807, 2.05) is 0 Å². The van der Waals surface area contributed by atoms with E-state index in [0.29, 0.717) is 5.69 Å². The quantitative estimate of drug-likeness (QED) is 0.635. The normalized spacial score (nSPS) is 8.69. The molecule has 1 aromatic carbocycles. The molecule has 0 unspecified atom stereocenters. The van der Waals surface area contributed by atoms with Gasteiger partial charge in [0, 0.05) is 7.05 Å². The number of carbonyl (C=O) groups is 1. The first-order valence-corrected chi connectivity index (χ1v) is 3.45. The maximum Gasteiger partial charge on any atom is 0.335 e. The Morgan fingerprint density at radius 2 is 2.15 bits per heavy atom. The number of aromatic carboxylic acids is 1. The first kappa shape index (κ1) is 11.6. The number of hydrogen-bond acceptors (Lipinski definition) is 3. The van der Waals surface area contributed by atoms with Crippen molar-refractivity contribution in [2.45, 2.75) is 0 Å². The van der Waals surface area contributed by atoms with E-state index in [2.05, 4.69) is 5.32 Å². The van der Waals surface area contributed by atoms with Gasteiger partial charge in [0.2, 0.25) is 0 Å². The van der Waals surface area contributed by atoms with Gasteiger partial charge < -0.3 is 16.2 Å². The number of anilines is 2. The highest BCUT2D eigenvalue weighted by atomic mass is 35.5. The van der Waals surface area contributed by atoms with Crippen molar-refractivity contribution in [1.82, 2.24) is 0 Å². The highest BCUT2D eigenvalue weighted by Gasteiger charge is 2.04. The Bertz CT molecular complexity index is 315. The molecule has 0 bridgehead atoms. The highest BCUT2D eigenvalue weighted by molar-refractivity contribution is 5.90. The third-order valence-electron chi connectivity index (χ3n) is 1.57. The fourth-order valence-electron chi connectivity index (χ4n) is 0.923. The Hall–Kier alpha value is -1.42. The third kappa shape index (κ3) is 2.52. The topological polar surface area (TPSA) is 75.3 Å². The zero-order chi connectivity index (χ0) is 9.14. The van der Waals surface area contributed by atoms with E-state index in [-0.39, 0.29) is 18.0 Å². The molecule has 0 aliphatic carbocycles. The summed E-state index contributed by atoms with van der Waals surface area (Å²) >= 11 is 0. The van der Waals surface area contributed by atoms with Crippen LogP contribution in [-0.4, -0.2) is 18.1 Å². The zero-order valence-corrected chi connectivity index (χ0v) is 7.89. The summed E-state index contributed by atoms with van der Waals surface area (Å²) in [7, 11) is 1.73. The van der Waals surface area contributed by atoms with Crippen molar-refractivity contribution in [3.8, 4) is 0 Å². The van der Waals surface area contributed by atoms with Crippen molar-refractivity contribution < 1.29 is 9.90 Å². The van der Waals surface area contributed by atoms with E-state index < -0.39 is 5.97 Å². The lowest BCUT2D eigenvalue weighted by Crippen LogP contribution is -2.00. The van der Waals surface area contributed by atoms with Crippen molar-refractivity contribution in [2.75, 3.05) is 18.1 Å². The van der Waals surface area contributed by atoms with E-state index in [1.165, 1.54) is 12.1 Å². The molecule has 0 saturated heterocycles.